The molecule has 2 atom stereocenters. The van der Waals surface area contributed by atoms with Crippen molar-refractivity contribution < 1.29 is 19.5 Å². The summed E-state index contributed by atoms with van der Waals surface area (Å²) < 4.78 is 0. The average Bonchev–Trinajstić information content (AvgIpc) is 2.68. The van der Waals surface area contributed by atoms with Crippen LogP contribution in [-0.2, 0) is 14.4 Å². The Balaban J connectivity index is 3.06. The van der Waals surface area contributed by atoms with Crippen LogP contribution in [-0.4, -0.2) is 34.4 Å². The quantitative estimate of drug-likeness (QED) is 0.444. The smallest absolute Gasteiger partial charge is 0.307 e. The van der Waals surface area contributed by atoms with E-state index in [4.69, 9.17) is 0 Å². The van der Waals surface area contributed by atoms with Gasteiger partial charge in [0.15, 0.2) is 0 Å². The number of amides is 2. The van der Waals surface area contributed by atoms with Gasteiger partial charge in [-0.3, -0.25) is 24.8 Å². The van der Waals surface area contributed by atoms with Crippen molar-refractivity contribution in [2.75, 3.05) is 6.54 Å². The lowest BCUT2D eigenvalue weighted by Gasteiger charge is -2.30. The van der Waals surface area contributed by atoms with Crippen LogP contribution >= 0.6 is 0 Å². The van der Waals surface area contributed by atoms with Crippen molar-refractivity contribution in [2.45, 2.75) is 60.8 Å². The Kier molecular flexibility index (Phi) is 11.7. The fourth-order valence-corrected chi connectivity index (χ4v) is 3.56. The molecule has 0 bridgehead atoms. The predicted octanol–water partition coefficient (Wildman–Crippen LogP) is 5.01. The zero-order chi connectivity index (χ0) is 24.3. The maximum atomic E-state index is 13.2. The van der Waals surface area contributed by atoms with E-state index in [2.05, 4.69) is 5.43 Å². The molecule has 1 aromatic rings. The number of allylic oxidation sites excluding steroid dienone is 1. The molecule has 0 saturated heterocycles. The molecule has 0 aromatic heterocycles. The molecule has 6 heteroatoms. The Morgan fingerprint density at radius 1 is 0.938 bits per heavy atom. The van der Waals surface area contributed by atoms with Crippen molar-refractivity contribution >= 4 is 23.9 Å². The topological polar surface area (TPSA) is 86.7 Å². The van der Waals surface area contributed by atoms with Gasteiger partial charge in [0, 0.05) is 13.0 Å². The predicted molar refractivity (Wildman–Crippen MR) is 128 cm³/mol. The van der Waals surface area contributed by atoms with Crippen LogP contribution in [0.2, 0.25) is 0 Å². The molecule has 0 spiro atoms. The third kappa shape index (κ3) is 10.1. The highest BCUT2D eigenvalue weighted by Crippen LogP contribution is 2.26. The number of aliphatic carboxylic acids is 1. The highest BCUT2D eigenvalue weighted by Gasteiger charge is 2.35. The van der Waals surface area contributed by atoms with Crippen LogP contribution in [0.15, 0.2) is 36.4 Å². The van der Waals surface area contributed by atoms with Gasteiger partial charge in [0.05, 0.1) is 11.8 Å². The number of hydrogen-bond acceptors (Lipinski definition) is 3. The minimum Gasteiger partial charge on any atom is -0.481 e. The minimum absolute atomic E-state index is 0.135. The molecule has 6 nitrogen and oxygen atoms in total. The van der Waals surface area contributed by atoms with E-state index < -0.39 is 23.7 Å². The van der Waals surface area contributed by atoms with E-state index in [1.165, 1.54) is 5.01 Å². The molecular weight excluding hydrogens is 404 g/mol. The lowest BCUT2D eigenvalue weighted by molar-refractivity contribution is -0.151. The van der Waals surface area contributed by atoms with Gasteiger partial charge in [-0.15, -0.1) is 0 Å². The lowest BCUT2D eigenvalue weighted by Crippen LogP contribution is -2.51. The summed E-state index contributed by atoms with van der Waals surface area (Å²) >= 11 is 0. The maximum Gasteiger partial charge on any atom is 0.307 e. The maximum absolute atomic E-state index is 13.2. The second-order valence-corrected chi connectivity index (χ2v) is 9.70. The normalized spacial score (nSPS) is 13.5. The zero-order valence-electron chi connectivity index (χ0n) is 20.4. The van der Waals surface area contributed by atoms with Crippen LogP contribution in [0.4, 0.5) is 0 Å². The van der Waals surface area contributed by atoms with Crippen molar-refractivity contribution in [3.8, 4) is 0 Å². The number of hydrogen-bond donors (Lipinski definition) is 2. The molecule has 0 saturated carbocycles. The third-order valence-corrected chi connectivity index (χ3v) is 5.04. The van der Waals surface area contributed by atoms with E-state index in [1.807, 2.05) is 84.0 Å². The molecule has 2 amide bonds. The Morgan fingerprint density at radius 3 is 2.06 bits per heavy atom. The second kappa shape index (κ2) is 13.7. The van der Waals surface area contributed by atoms with E-state index in [-0.39, 0.29) is 30.1 Å². The third-order valence-electron chi connectivity index (χ3n) is 5.04. The zero-order valence-corrected chi connectivity index (χ0v) is 20.4. The minimum atomic E-state index is -1.01. The number of nitrogens with zero attached hydrogens (tertiary/aromatic N) is 1. The van der Waals surface area contributed by atoms with Crippen LogP contribution in [0.1, 0.15) is 66.4 Å². The van der Waals surface area contributed by atoms with E-state index in [0.29, 0.717) is 19.4 Å². The Hall–Kier alpha value is -2.63. The molecule has 1 rings (SSSR count). The lowest BCUT2D eigenvalue weighted by atomic mass is 9.82. The molecule has 32 heavy (non-hydrogen) atoms. The molecular formula is C26H40N2O4. The fourth-order valence-electron chi connectivity index (χ4n) is 3.56. The second-order valence-electron chi connectivity index (χ2n) is 9.70. The largest absolute Gasteiger partial charge is 0.481 e. The van der Waals surface area contributed by atoms with E-state index in [9.17, 15) is 19.5 Å². The Morgan fingerprint density at radius 2 is 1.56 bits per heavy atom. The summed E-state index contributed by atoms with van der Waals surface area (Å²) in [6.45, 7) is 12.2. The standard InChI is InChI=1S/C26H40N2O4/c1-18(2)15-23(22(26(31)32)14-10-13-21-11-8-7-9-12-21)25(30)27-28(17-20(5)6)24(29)16-19(3)4/h7-13,18-20,22-23H,14-17H2,1-6H3,(H,27,30)(H,31,32)/b13-10+/t22-,23+/m0/s1. The molecule has 2 N–H and O–H groups in total. The first-order valence-electron chi connectivity index (χ1n) is 11.6. The molecule has 178 valence electrons. The summed E-state index contributed by atoms with van der Waals surface area (Å²) in [5.74, 6) is -2.72. The summed E-state index contributed by atoms with van der Waals surface area (Å²) in [5, 5.41) is 11.3. The van der Waals surface area contributed by atoms with Gasteiger partial charge >= 0.3 is 5.97 Å². The number of carboxylic acid groups (broad SMARTS) is 1. The summed E-state index contributed by atoms with van der Waals surface area (Å²) in [7, 11) is 0. The van der Waals surface area contributed by atoms with Crippen LogP contribution < -0.4 is 5.43 Å². The number of rotatable bonds is 12. The molecule has 0 aliphatic heterocycles. The van der Waals surface area contributed by atoms with E-state index >= 15 is 0 Å². The number of benzene rings is 1. The van der Waals surface area contributed by atoms with Crippen molar-refractivity contribution in [1.82, 2.24) is 10.4 Å². The average molecular weight is 445 g/mol. The highest BCUT2D eigenvalue weighted by molar-refractivity contribution is 5.87. The van der Waals surface area contributed by atoms with Gasteiger partial charge in [-0.1, -0.05) is 84.0 Å². The van der Waals surface area contributed by atoms with Crippen LogP contribution in [0.3, 0.4) is 0 Å². The molecule has 0 unspecified atom stereocenters. The van der Waals surface area contributed by atoms with Crippen LogP contribution in [0.25, 0.3) is 6.08 Å². The number of carbonyl (C=O) groups is 3. The van der Waals surface area contributed by atoms with E-state index in [0.717, 1.165) is 5.56 Å². The Bertz CT molecular complexity index is 756. The van der Waals surface area contributed by atoms with Crippen molar-refractivity contribution in [1.29, 1.82) is 0 Å². The number of hydrazine groups is 1. The highest BCUT2D eigenvalue weighted by atomic mass is 16.4. The first-order valence-corrected chi connectivity index (χ1v) is 11.6. The number of carboxylic acids is 1. The fraction of sp³-hybridized carbons (Fsp3) is 0.577. The first kappa shape index (κ1) is 27.4. The summed E-state index contributed by atoms with van der Waals surface area (Å²) in [6, 6.07) is 9.63. The summed E-state index contributed by atoms with van der Waals surface area (Å²) in [4.78, 5) is 38.1. The number of carbonyl (C=O) groups excluding carboxylic acids is 2. The van der Waals surface area contributed by atoms with Crippen LogP contribution in [0, 0.1) is 29.6 Å². The number of nitrogens with one attached hydrogen (secondary N) is 1. The molecule has 0 heterocycles. The first-order chi connectivity index (χ1) is 15.0. The Labute approximate surface area is 193 Å². The van der Waals surface area contributed by atoms with Gasteiger partial charge in [0.2, 0.25) is 11.8 Å². The molecule has 0 aliphatic carbocycles. The SMILES string of the molecule is CC(C)CC(=O)N(CC(C)C)NC(=O)[C@H](CC(C)C)[C@H](C/C=C/c1ccccc1)C(=O)O. The van der Waals surface area contributed by atoms with Gasteiger partial charge in [-0.05, 0) is 36.2 Å². The van der Waals surface area contributed by atoms with Gasteiger partial charge in [-0.2, -0.15) is 0 Å². The van der Waals surface area contributed by atoms with Crippen molar-refractivity contribution in [3.05, 3.63) is 42.0 Å². The van der Waals surface area contributed by atoms with Crippen molar-refractivity contribution in [2.24, 2.45) is 29.6 Å². The van der Waals surface area contributed by atoms with Gasteiger partial charge in [0.1, 0.15) is 0 Å². The van der Waals surface area contributed by atoms with Gasteiger partial charge in [0.25, 0.3) is 0 Å². The molecule has 0 fully saturated rings. The molecule has 1 aromatic carbocycles. The van der Waals surface area contributed by atoms with Crippen molar-refractivity contribution in [3.63, 3.8) is 0 Å². The van der Waals surface area contributed by atoms with Gasteiger partial charge < -0.3 is 5.11 Å². The molecule has 0 aliphatic rings. The van der Waals surface area contributed by atoms with E-state index in [1.54, 1.807) is 0 Å². The van der Waals surface area contributed by atoms with Crippen LogP contribution in [0.5, 0.6) is 0 Å². The summed E-state index contributed by atoms with van der Waals surface area (Å²) in [6.07, 6.45) is 4.67. The molecule has 0 radical (unpaired) electrons. The summed E-state index contributed by atoms with van der Waals surface area (Å²) in [5.41, 5.74) is 3.74. The van der Waals surface area contributed by atoms with Gasteiger partial charge in [-0.25, -0.2) is 0 Å². The monoisotopic (exact) mass is 444 g/mol.